The van der Waals surface area contributed by atoms with Gasteiger partial charge in [-0.15, -0.1) is 0 Å². The molecular weight excluding hydrogens is 681 g/mol. The SMILES string of the molecule is CC(=O)N[C@H](c1ccccc1)C(O)N1CCC[C@H]1c1ncc(-c2ccc(C#Cc3cnc([C@@H]4CCCN4C(=O)[C@H](NC(C)=O)c4ccccc4)[nH]3)cc2)[nH]1. The van der Waals surface area contributed by atoms with E-state index < -0.39 is 18.3 Å². The molecule has 2 aliphatic rings. The summed E-state index contributed by atoms with van der Waals surface area (Å²) in [6.07, 6.45) is 5.89. The van der Waals surface area contributed by atoms with Crippen molar-refractivity contribution in [3.05, 3.63) is 131 Å². The highest BCUT2D eigenvalue weighted by molar-refractivity contribution is 5.88. The van der Waals surface area contributed by atoms with Crippen LogP contribution in [0.3, 0.4) is 0 Å². The predicted octanol–water partition coefficient (Wildman–Crippen LogP) is 5.07. The molecule has 1 unspecified atom stereocenters. The van der Waals surface area contributed by atoms with Gasteiger partial charge in [-0.05, 0) is 60.4 Å². The summed E-state index contributed by atoms with van der Waals surface area (Å²) in [5.74, 6) is 7.18. The topological polar surface area (TPSA) is 159 Å². The number of carbonyl (C=O) groups is 3. The highest BCUT2D eigenvalue weighted by atomic mass is 16.3. The van der Waals surface area contributed by atoms with Crippen LogP contribution < -0.4 is 10.6 Å². The number of hydrogen-bond acceptors (Lipinski definition) is 7. The second kappa shape index (κ2) is 16.3. The van der Waals surface area contributed by atoms with Gasteiger partial charge in [-0.3, -0.25) is 19.3 Å². The van der Waals surface area contributed by atoms with Crippen LogP contribution in [0, 0.1) is 11.8 Å². The first-order valence-corrected chi connectivity index (χ1v) is 18.4. The molecule has 3 amide bonds. The second-order valence-electron chi connectivity index (χ2n) is 13.8. The van der Waals surface area contributed by atoms with E-state index >= 15 is 0 Å². The largest absolute Gasteiger partial charge is 0.376 e. The van der Waals surface area contributed by atoms with Crippen LogP contribution in [0.5, 0.6) is 0 Å². The predicted molar refractivity (Wildman–Crippen MR) is 203 cm³/mol. The molecule has 2 aliphatic heterocycles. The first kappa shape index (κ1) is 36.3. The van der Waals surface area contributed by atoms with Crippen LogP contribution >= 0.6 is 0 Å². The fourth-order valence-electron chi connectivity index (χ4n) is 7.51. The van der Waals surface area contributed by atoms with E-state index in [2.05, 4.69) is 37.4 Å². The number of amides is 3. The normalized spacial score (nSPS) is 18.7. The van der Waals surface area contributed by atoms with Gasteiger partial charge in [0.25, 0.3) is 0 Å². The third-order valence-corrected chi connectivity index (χ3v) is 10.1. The first-order chi connectivity index (χ1) is 26.2. The van der Waals surface area contributed by atoms with Crippen molar-refractivity contribution in [2.24, 2.45) is 0 Å². The number of aromatic nitrogens is 4. The molecule has 54 heavy (non-hydrogen) atoms. The van der Waals surface area contributed by atoms with Gasteiger partial charge in [0.1, 0.15) is 29.6 Å². The van der Waals surface area contributed by atoms with Gasteiger partial charge in [0.2, 0.25) is 17.7 Å². The molecule has 0 radical (unpaired) electrons. The van der Waals surface area contributed by atoms with Crippen molar-refractivity contribution in [3.8, 4) is 23.1 Å². The molecule has 7 rings (SSSR count). The van der Waals surface area contributed by atoms with E-state index in [1.807, 2.05) is 96.0 Å². The third kappa shape index (κ3) is 8.12. The molecule has 0 bridgehead atoms. The van der Waals surface area contributed by atoms with Crippen LogP contribution in [-0.4, -0.2) is 71.9 Å². The minimum Gasteiger partial charge on any atom is -0.376 e. The van der Waals surface area contributed by atoms with E-state index in [-0.39, 0.29) is 29.8 Å². The number of imidazole rings is 2. The van der Waals surface area contributed by atoms with Gasteiger partial charge in [0.05, 0.1) is 36.2 Å². The highest BCUT2D eigenvalue weighted by Gasteiger charge is 2.38. The highest BCUT2D eigenvalue weighted by Crippen LogP contribution is 2.36. The second-order valence-corrected chi connectivity index (χ2v) is 13.8. The Morgan fingerprint density at radius 1 is 0.759 bits per heavy atom. The van der Waals surface area contributed by atoms with Crippen molar-refractivity contribution < 1.29 is 19.5 Å². The number of H-pyrrole nitrogens is 2. The molecule has 276 valence electrons. The molecule has 0 saturated carbocycles. The van der Waals surface area contributed by atoms with E-state index in [0.717, 1.165) is 59.5 Å². The van der Waals surface area contributed by atoms with Crippen molar-refractivity contribution in [2.45, 2.75) is 69.9 Å². The van der Waals surface area contributed by atoms with Gasteiger partial charge in [-0.2, -0.15) is 0 Å². The molecule has 5 N–H and O–H groups in total. The van der Waals surface area contributed by atoms with Crippen LogP contribution in [0.1, 0.15) is 97.7 Å². The number of hydrogen-bond donors (Lipinski definition) is 5. The maximum atomic E-state index is 13.7. The zero-order chi connectivity index (χ0) is 37.6. The lowest BCUT2D eigenvalue weighted by atomic mass is 10.0. The number of aliphatic hydroxyl groups excluding tert-OH is 1. The van der Waals surface area contributed by atoms with Crippen LogP contribution in [0.15, 0.2) is 97.3 Å². The summed E-state index contributed by atoms with van der Waals surface area (Å²) in [5, 5.41) is 17.3. The minimum atomic E-state index is -0.928. The Kier molecular flexibility index (Phi) is 11.0. The zero-order valence-corrected chi connectivity index (χ0v) is 30.3. The van der Waals surface area contributed by atoms with E-state index in [1.54, 1.807) is 11.1 Å². The van der Waals surface area contributed by atoms with E-state index in [4.69, 9.17) is 4.98 Å². The van der Waals surface area contributed by atoms with Crippen LogP contribution in [0.2, 0.25) is 0 Å². The number of nitrogens with one attached hydrogen (secondary N) is 4. The van der Waals surface area contributed by atoms with Crippen LogP contribution in [0.4, 0.5) is 0 Å². The van der Waals surface area contributed by atoms with Gasteiger partial charge in [0, 0.05) is 32.5 Å². The summed E-state index contributed by atoms with van der Waals surface area (Å²) in [5.41, 5.74) is 4.85. The molecule has 12 nitrogen and oxygen atoms in total. The molecule has 4 heterocycles. The maximum Gasteiger partial charge on any atom is 0.250 e. The number of rotatable bonds is 10. The Bertz CT molecular complexity index is 2140. The molecule has 12 heteroatoms. The van der Waals surface area contributed by atoms with E-state index in [1.165, 1.54) is 13.8 Å². The number of aliphatic hydroxyl groups is 1. The fourth-order valence-corrected chi connectivity index (χ4v) is 7.51. The molecule has 5 atom stereocenters. The number of benzene rings is 3. The van der Waals surface area contributed by atoms with Crippen molar-refractivity contribution in [1.82, 2.24) is 40.4 Å². The summed E-state index contributed by atoms with van der Waals surface area (Å²) in [6.45, 7) is 4.13. The molecule has 2 aromatic heterocycles. The monoisotopic (exact) mass is 724 g/mol. The molecule has 3 aromatic carbocycles. The van der Waals surface area contributed by atoms with Gasteiger partial charge in [0.15, 0.2) is 0 Å². The van der Waals surface area contributed by atoms with Gasteiger partial charge < -0.3 is 30.6 Å². The Morgan fingerprint density at radius 2 is 1.39 bits per heavy atom. The lowest BCUT2D eigenvalue weighted by Crippen LogP contribution is -2.45. The molecule has 0 spiro atoms. The lowest BCUT2D eigenvalue weighted by Gasteiger charge is -2.34. The van der Waals surface area contributed by atoms with Crippen LogP contribution in [-0.2, 0) is 14.4 Å². The third-order valence-electron chi connectivity index (χ3n) is 10.1. The quantitative estimate of drug-likeness (QED) is 0.126. The van der Waals surface area contributed by atoms with Gasteiger partial charge >= 0.3 is 0 Å². The first-order valence-electron chi connectivity index (χ1n) is 18.4. The van der Waals surface area contributed by atoms with Gasteiger partial charge in [-0.25, -0.2) is 9.97 Å². The van der Waals surface area contributed by atoms with Gasteiger partial charge in [-0.1, -0.05) is 78.7 Å². The Labute approximate surface area is 314 Å². The zero-order valence-electron chi connectivity index (χ0n) is 30.3. The molecule has 2 saturated heterocycles. The van der Waals surface area contributed by atoms with Crippen molar-refractivity contribution >= 4 is 17.7 Å². The number of nitrogens with zero attached hydrogens (tertiary/aromatic N) is 4. The summed E-state index contributed by atoms with van der Waals surface area (Å²) in [4.78, 5) is 57.7. The number of likely N-dealkylation sites (tertiary alicyclic amines) is 2. The fraction of sp³-hybridized carbons (Fsp3) is 0.310. The van der Waals surface area contributed by atoms with E-state index in [0.29, 0.717) is 24.6 Å². The standard InChI is InChI=1S/C42H44N8O4/c1-27(51)45-37(31-11-5-3-6-12-31)41(53)49-23-9-15-35(49)39-43-25-33(47-39)22-19-29-17-20-30(21-18-29)34-26-44-40(48-34)36-16-10-24-50(36)42(54)38(46-28(2)52)32-13-7-4-8-14-32/h3-8,11-14,17-18,20-21,25-26,35-38,42,54H,9-10,15-16,23-24H2,1-2H3,(H,43,47)(H,44,48)(H,45,51)(H,46,52)/t35-,36-,37+,38+,42?/m0/s1. The maximum absolute atomic E-state index is 13.7. The summed E-state index contributed by atoms with van der Waals surface area (Å²) >= 11 is 0. The Hall–Kier alpha value is -6.03. The van der Waals surface area contributed by atoms with Crippen molar-refractivity contribution in [3.63, 3.8) is 0 Å². The molecular formula is C42H44N8O4. The number of carbonyl (C=O) groups excluding carboxylic acids is 3. The molecule has 2 fully saturated rings. The molecule has 0 aliphatic carbocycles. The van der Waals surface area contributed by atoms with Crippen molar-refractivity contribution in [1.29, 1.82) is 0 Å². The Morgan fingerprint density at radius 3 is 2.09 bits per heavy atom. The number of aromatic amines is 2. The average molecular weight is 725 g/mol. The van der Waals surface area contributed by atoms with Crippen LogP contribution in [0.25, 0.3) is 11.3 Å². The Balaban J connectivity index is 1.01. The van der Waals surface area contributed by atoms with E-state index in [9.17, 15) is 19.5 Å². The summed E-state index contributed by atoms with van der Waals surface area (Å²) in [7, 11) is 0. The minimum absolute atomic E-state index is 0.130. The summed E-state index contributed by atoms with van der Waals surface area (Å²) < 4.78 is 0. The summed E-state index contributed by atoms with van der Waals surface area (Å²) in [6, 6.07) is 25.0. The smallest absolute Gasteiger partial charge is 0.250 e. The lowest BCUT2D eigenvalue weighted by molar-refractivity contribution is -0.137. The average Bonchev–Trinajstić information content (AvgIpc) is 4.02. The van der Waals surface area contributed by atoms with Crippen molar-refractivity contribution in [2.75, 3.05) is 13.1 Å². The molecule has 5 aromatic rings.